The average molecular weight is 337 g/mol. The average Bonchev–Trinajstić information content (AvgIpc) is 2.55. The summed E-state index contributed by atoms with van der Waals surface area (Å²) in [5, 5.41) is 10.1. The highest BCUT2D eigenvalue weighted by atomic mass is 31.2. The van der Waals surface area contributed by atoms with E-state index in [1.54, 1.807) is 0 Å². The second kappa shape index (κ2) is 9.92. The highest BCUT2D eigenvalue weighted by molar-refractivity contribution is 7.51. The molecule has 0 aromatic heterocycles. The molecule has 0 aliphatic carbocycles. The minimum Gasteiger partial charge on any atom is -0.377 e. The number of aliphatic hydroxyl groups is 1. The number of hydrogen-bond donors (Lipinski definition) is 4. The van der Waals surface area contributed by atoms with Gasteiger partial charge in [0, 0.05) is 6.42 Å². The maximum absolute atomic E-state index is 10.5. The topological polar surface area (TPSA) is 107 Å². The Labute approximate surface area is 135 Å². The molecule has 0 bridgehead atoms. The van der Waals surface area contributed by atoms with Gasteiger partial charge in [0.15, 0.2) is 0 Å². The Morgan fingerprint density at radius 2 is 1.35 bits per heavy atom. The first kappa shape index (κ1) is 19.1. The Hall–Kier alpha value is -1.98. The fourth-order valence-corrected chi connectivity index (χ4v) is 2.18. The molecule has 0 saturated carbocycles. The zero-order valence-corrected chi connectivity index (χ0v) is 13.4. The van der Waals surface area contributed by atoms with Gasteiger partial charge in [0.2, 0.25) is 5.91 Å². The van der Waals surface area contributed by atoms with Gasteiger partial charge in [-0.05, 0) is 11.1 Å². The van der Waals surface area contributed by atoms with Crippen LogP contribution in [0.4, 0.5) is 0 Å². The van der Waals surface area contributed by atoms with Gasteiger partial charge in [-0.15, -0.1) is 0 Å². The lowest BCUT2D eigenvalue weighted by molar-refractivity contribution is -0.121. The number of hydrogen-bond acceptors (Lipinski definition) is 3. The standard InChI is InChI=1S/C12H10.C4H10NO5P/c1-3-7-11(8-4-1)12-9-5-2-6-10-12;6-3-5-4(7)1-2-11(8,9)10/h1-10H;6H,1-3H2,(H,5,7)(H2,8,9,10). The van der Waals surface area contributed by atoms with Gasteiger partial charge in [0.05, 0.1) is 6.16 Å². The fraction of sp³-hybridized carbons (Fsp3) is 0.188. The molecule has 2 aromatic carbocycles. The Kier molecular flexibility index (Phi) is 8.22. The van der Waals surface area contributed by atoms with Crippen LogP contribution in [-0.4, -0.2) is 33.7 Å². The minimum atomic E-state index is -4.09. The number of rotatable bonds is 5. The van der Waals surface area contributed by atoms with Gasteiger partial charge in [-0.2, -0.15) is 0 Å². The van der Waals surface area contributed by atoms with Crippen LogP contribution in [0.3, 0.4) is 0 Å². The van der Waals surface area contributed by atoms with Crippen LogP contribution >= 0.6 is 7.60 Å². The molecule has 0 heterocycles. The zero-order chi connectivity index (χ0) is 17.1. The molecule has 7 heteroatoms. The highest BCUT2D eigenvalue weighted by Gasteiger charge is 2.14. The van der Waals surface area contributed by atoms with Gasteiger partial charge in [0.1, 0.15) is 6.73 Å². The molecule has 2 aromatic rings. The molecule has 124 valence electrons. The van der Waals surface area contributed by atoms with Crippen molar-refractivity contribution in [3.05, 3.63) is 60.7 Å². The van der Waals surface area contributed by atoms with Crippen molar-refractivity contribution in [3.63, 3.8) is 0 Å². The maximum atomic E-state index is 10.5. The molecule has 6 nitrogen and oxygen atoms in total. The van der Waals surface area contributed by atoms with Crippen LogP contribution in [0, 0.1) is 0 Å². The molecule has 1 amide bonds. The van der Waals surface area contributed by atoms with E-state index in [9.17, 15) is 9.36 Å². The summed E-state index contributed by atoms with van der Waals surface area (Å²) in [5.41, 5.74) is 2.55. The van der Waals surface area contributed by atoms with Crippen LogP contribution in [-0.2, 0) is 9.36 Å². The summed E-state index contributed by atoms with van der Waals surface area (Å²) in [5.74, 6) is -0.573. The normalized spacial score (nSPS) is 10.4. The number of benzene rings is 2. The molecule has 4 N–H and O–H groups in total. The summed E-state index contributed by atoms with van der Waals surface area (Å²) in [7, 11) is -4.09. The molecule has 0 fully saturated rings. The second-order valence-electron chi connectivity index (χ2n) is 4.63. The van der Waals surface area contributed by atoms with Crippen LogP contribution in [0.2, 0.25) is 0 Å². The molecule has 0 spiro atoms. The molecular weight excluding hydrogens is 317 g/mol. The quantitative estimate of drug-likeness (QED) is 0.493. The number of nitrogens with one attached hydrogen (secondary N) is 1. The summed E-state index contributed by atoms with van der Waals surface area (Å²) < 4.78 is 10.2. The third kappa shape index (κ3) is 8.90. The van der Waals surface area contributed by atoms with Gasteiger partial charge in [-0.25, -0.2) is 0 Å². The van der Waals surface area contributed by atoms with Crippen molar-refractivity contribution in [1.82, 2.24) is 5.32 Å². The van der Waals surface area contributed by atoms with Gasteiger partial charge in [-0.3, -0.25) is 9.36 Å². The molecule has 0 unspecified atom stereocenters. The molecule has 0 aliphatic rings. The Morgan fingerprint density at radius 3 is 1.70 bits per heavy atom. The largest absolute Gasteiger partial charge is 0.377 e. The fourth-order valence-electron chi connectivity index (χ4n) is 1.68. The van der Waals surface area contributed by atoms with E-state index in [4.69, 9.17) is 14.9 Å². The first-order valence-corrected chi connectivity index (χ1v) is 8.75. The third-order valence-electron chi connectivity index (χ3n) is 2.79. The predicted octanol–water partition coefficient (Wildman–Crippen LogP) is 1.97. The van der Waals surface area contributed by atoms with Gasteiger partial charge >= 0.3 is 7.60 Å². The van der Waals surface area contributed by atoms with Crippen molar-refractivity contribution in [3.8, 4) is 11.1 Å². The monoisotopic (exact) mass is 337 g/mol. The van der Waals surface area contributed by atoms with Crippen molar-refractivity contribution in [2.45, 2.75) is 6.42 Å². The lowest BCUT2D eigenvalue weighted by Gasteiger charge is -2.02. The number of aliphatic hydroxyl groups excluding tert-OH is 1. The van der Waals surface area contributed by atoms with Crippen LogP contribution < -0.4 is 5.32 Å². The Balaban J connectivity index is 0.000000232. The van der Waals surface area contributed by atoms with E-state index in [-0.39, 0.29) is 6.42 Å². The molecule has 0 aliphatic heterocycles. The van der Waals surface area contributed by atoms with E-state index in [0.717, 1.165) is 0 Å². The van der Waals surface area contributed by atoms with E-state index in [2.05, 4.69) is 48.5 Å². The van der Waals surface area contributed by atoms with Crippen molar-refractivity contribution < 1.29 is 24.3 Å². The minimum absolute atomic E-state index is 0.273. The second-order valence-corrected chi connectivity index (χ2v) is 6.40. The molecule has 0 saturated heterocycles. The summed E-state index contributed by atoms with van der Waals surface area (Å²) in [4.78, 5) is 27.1. The lowest BCUT2D eigenvalue weighted by Crippen LogP contribution is -2.24. The summed E-state index contributed by atoms with van der Waals surface area (Å²) in [6, 6.07) is 20.8. The van der Waals surface area contributed by atoms with Crippen LogP contribution in [0.5, 0.6) is 0 Å². The van der Waals surface area contributed by atoms with E-state index in [1.165, 1.54) is 11.1 Å². The first-order valence-electron chi connectivity index (χ1n) is 6.95. The Bertz CT molecular complexity index is 590. The van der Waals surface area contributed by atoms with Crippen LogP contribution in [0.1, 0.15) is 6.42 Å². The first-order chi connectivity index (χ1) is 10.9. The molecule has 0 radical (unpaired) electrons. The van der Waals surface area contributed by atoms with E-state index in [1.807, 2.05) is 17.4 Å². The SMILES string of the molecule is O=C(CCP(=O)(O)O)NCO.c1ccc(-c2ccccc2)cc1. The molecule has 23 heavy (non-hydrogen) atoms. The van der Waals surface area contributed by atoms with E-state index in [0.29, 0.717) is 0 Å². The molecule has 0 atom stereocenters. The van der Waals surface area contributed by atoms with Gasteiger partial charge < -0.3 is 20.2 Å². The zero-order valence-electron chi connectivity index (χ0n) is 12.5. The highest BCUT2D eigenvalue weighted by Crippen LogP contribution is 2.34. The van der Waals surface area contributed by atoms with Crippen LogP contribution in [0.25, 0.3) is 11.1 Å². The lowest BCUT2D eigenvalue weighted by atomic mass is 10.1. The number of carbonyl (C=O) groups excluding carboxylic acids is 1. The number of carbonyl (C=O) groups is 1. The van der Waals surface area contributed by atoms with Gasteiger partial charge in [-0.1, -0.05) is 60.7 Å². The number of amides is 1. The summed E-state index contributed by atoms with van der Waals surface area (Å²) in [6.07, 6.45) is -0.760. The van der Waals surface area contributed by atoms with Crippen molar-refractivity contribution in [2.75, 3.05) is 12.9 Å². The summed E-state index contributed by atoms with van der Waals surface area (Å²) >= 11 is 0. The van der Waals surface area contributed by atoms with Crippen LogP contribution in [0.15, 0.2) is 60.7 Å². The van der Waals surface area contributed by atoms with E-state index >= 15 is 0 Å². The summed E-state index contributed by atoms with van der Waals surface area (Å²) in [6.45, 7) is -0.514. The Morgan fingerprint density at radius 1 is 0.913 bits per heavy atom. The van der Waals surface area contributed by atoms with Crippen molar-refractivity contribution >= 4 is 13.5 Å². The molecular formula is C16H20NO5P. The smallest absolute Gasteiger partial charge is 0.326 e. The molecule has 2 rings (SSSR count). The predicted molar refractivity (Wildman–Crippen MR) is 88.6 cm³/mol. The van der Waals surface area contributed by atoms with E-state index < -0.39 is 26.4 Å². The van der Waals surface area contributed by atoms with Crippen molar-refractivity contribution in [1.29, 1.82) is 0 Å². The van der Waals surface area contributed by atoms with Crippen molar-refractivity contribution in [2.24, 2.45) is 0 Å². The van der Waals surface area contributed by atoms with Gasteiger partial charge in [0.25, 0.3) is 0 Å². The third-order valence-corrected chi connectivity index (χ3v) is 3.59. The maximum Gasteiger partial charge on any atom is 0.326 e.